The number of hydrogen-bond acceptors (Lipinski definition) is 5. The molecule has 2 atom stereocenters. The number of aliphatic hydroxyl groups excluding tert-OH is 1. The molecule has 2 aliphatic rings. The van der Waals surface area contributed by atoms with Crippen molar-refractivity contribution in [2.24, 2.45) is 5.92 Å². The van der Waals surface area contributed by atoms with E-state index in [2.05, 4.69) is 5.16 Å². The van der Waals surface area contributed by atoms with Crippen molar-refractivity contribution in [3.8, 4) is 0 Å². The Morgan fingerprint density at radius 1 is 1.42 bits per heavy atom. The molecule has 7 nitrogen and oxygen atoms in total. The van der Waals surface area contributed by atoms with Gasteiger partial charge in [0.15, 0.2) is 0 Å². The van der Waals surface area contributed by atoms with Gasteiger partial charge in [0.25, 0.3) is 0 Å². The predicted octanol–water partition coefficient (Wildman–Crippen LogP) is 0.747. The van der Waals surface area contributed by atoms with E-state index in [0.717, 1.165) is 30.8 Å². The zero-order valence-corrected chi connectivity index (χ0v) is 14.1. The lowest BCUT2D eigenvalue weighted by Gasteiger charge is -2.27. The van der Waals surface area contributed by atoms with E-state index in [4.69, 9.17) is 4.52 Å². The number of rotatable bonds is 5. The Bertz CT molecular complexity index is 600. The summed E-state index contributed by atoms with van der Waals surface area (Å²) in [4.78, 5) is 27.6. The maximum absolute atomic E-state index is 12.4. The van der Waals surface area contributed by atoms with Gasteiger partial charge in [-0.05, 0) is 19.8 Å². The first-order chi connectivity index (χ1) is 11.5. The quantitative estimate of drug-likeness (QED) is 0.858. The SMILES string of the molecule is Cc1cc(C[C@@H]2CN(C(=O)CCN3CCCCC3=O)C[C@@H]2O)on1. The van der Waals surface area contributed by atoms with Crippen LogP contribution in [0.2, 0.25) is 0 Å². The van der Waals surface area contributed by atoms with Crippen LogP contribution in [-0.4, -0.2) is 64.2 Å². The lowest BCUT2D eigenvalue weighted by Crippen LogP contribution is -2.39. The Morgan fingerprint density at radius 2 is 2.25 bits per heavy atom. The molecule has 24 heavy (non-hydrogen) atoms. The van der Waals surface area contributed by atoms with Crippen molar-refractivity contribution in [1.82, 2.24) is 15.0 Å². The average molecular weight is 335 g/mol. The number of amides is 2. The molecule has 7 heteroatoms. The highest BCUT2D eigenvalue weighted by Crippen LogP contribution is 2.23. The standard InChI is InChI=1S/C17H25N3O4/c1-12-8-14(24-18-12)9-13-10-20(11-15(13)21)17(23)5-7-19-6-3-2-4-16(19)22/h8,13,15,21H,2-7,9-11H2,1H3/t13-,15+/m1/s1. The normalized spacial score (nSPS) is 24.7. The van der Waals surface area contributed by atoms with Gasteiger partial charge in [-0.3, -0.25) is 9.59 Å². The van der Waals surface area contributed by atoms with Crippen molar-refractivity contribution >= 4 is 11.8 Å². The van der Waals surface area contributed by atoms with Gasteiger partial charge in [0, 0.05) is 57.4 Å². The molecule has 132 valence electrons. The van der Waals surface area contributed by atoms with Crippen LogP contribution in [-0.2, 0) is 16.0 Å². The Balaban J connectivity index is 1.48. The second-order valence-corrected chi connectivity index (χ2v) is 6.85. The molecule has 0 spiro atoms. The summed E-state index contributed by atoms with van der Waals surface area (Å²) in [5.74, 6) is 0.862. The number of likely N-dealkylation sites (tertiary alicyclic amines) is 2. The van der Waals surface area contributed by atoms with E-state index in [-0.39, 0.29) is 17.7 Å². The van der Waals surface area contributed by atoms with Crippen LogP contribution in [0.4, 0.5) is 0 Å². The molecule has 2 amide bonds. The first kappa shape index (κ1) is 17.0. The van der Waals surface area contributed by atoms with Crippen molar-refractivity contribution in [3.63, 3.8) is 0 Å². The van der Waals surface area contributed by atoms with Crippen LogP contribution in [0.15, 0.2) is 10.6 Å². The fourth-order valence-corrected chi connectivity index (χ4v) is 3.52. The number of hydrogen-bond donors (Lipinski definition) is 1. The molecular weight excluding hydrogens is 310 g/mol. The molecule has 3 heterocycles. The van der Waals surface area contributed by atoms with Crippen LogP contribution in [0.1, 0.15) is 37.1 Å². The summed E-state index contributed by atoms with van der Waals surface area (Å²) in [7, 11) is 0. The highest BCUT2D eigenvalue weighted by Gasteiger charge is 2.34. The maximum Gasteiger partial charge on any atom is 0.224 e. The first-order valence-corrected chi connectivity index (χ1v) is 8.68. The van der Waals surface area contributed by atoms with Gasteiger partial charge < -0.3 is 19.4 Å². The molecule has 2 saturated heterocycles. The van der Waals surface area contributed by atoms with Gasteiger partial charge in [-0.2, -0.15) is 0 Å². The highest BCUT2D eigenvalue weighted by molar-refractivity contribution is 5.79. The molecular formula is C17H25N3O4. The Hall–Kier alpha value is -1.89. The number of nitrogens with zero attached hydrogens (tertiary/aromatic N) is 3. The van der Waals surface area contributed by atoms with Gasteiger partial charge in [0.2, 0.25) is 11.8 Å². The third kappa shape index (κ3) is 3.95. The van der Waals surface area contributed by atoms with Crippen LogP contribution < -0.4 is 0 Å². The molecule has 3 rings (SSSR count). The smallest absolute Gasteiger partial charge is 0.224 e. The van der Waals surface area contributed by atoms with Crippen LogP contribution in [0.3, 0.4) is 0 Å². The van der Waals surface area contributed by atoms with E-state index in [1.54, 1.807) is 9.80 Å². The Labute approximate surface area is 141 Å². The van der Waals surface area contributed by atoms with Crippen LogP contribution in [0.25, 0.3) is 0 Å². The predicted molar refractivity (Wildman–Crippen MR) is 86.1 cm³/mol. The maximum atomic E-state index is 12.4. The largest absolute Gasteiger partial charge is 0.391 e. The third-order valence-electron chi connectivity index (χ3n) is 4.92. The molecule has 2 aliphatic heterocycles. The fourth-order valence-electron chi connectivity index (χ4n) is 3.52. The van der Waals surface area contributed by atoms with Crippen molar-refractivity contribution in [3.05, 3.63) is 17.5 Å². The highest BCUT2D eigenvalue weighted by atomic mass is 16.5. The van der Waals surface area contributed by atoms with Gasteiger partial charge >= 0.3 is 0 Å². The second-order valence-electron chi connectivity index (χ2n) is 6.85. The average Bonchev–Trinajstić information content (AvgIpc) is 3.13. The number of aryl methyl sites for hydroxylation is 1. The van der Waals surface area contributed by atoms with Crippen molar-refractivity contribution in [2.45, 2.75) is 45.1 Å². The molecule has 0 unspecified atom stereocenters. The minimum Gasteiger partial charge on any atom is -0.391 e. The van der Waals surface area contributed by atoms with Crippen molar-refractivity contribution in [1.29, 1.82) is 0 Å². The van der Waals surface area contributed by atoms with Crippen molar-refractivity contribution < 1.29 is 19.2 Å². The van der Waals surface area contributed by atoms with Crippen LogP contribution in [0, 0.1) is 12.8 Å². The molecule has 0 aliphatic carbocycles. The number of carbonyl (C=O) groups is 2. The molecule has 0 saturated carbocycles. The second kappa shape index (κ2) is 7.34. The fraction of sp³-hybridized carbons (Fsp3) is 0.706. The number of aliphatic hydroxyl groups is 1. The van der Waals surface area contributed by atoms with Crippen molar-refractivity contribution in [2.75, 3.05) is 26.2 Å². The molecule has 1 aromatic rings. The minimum absolute atomic E-state index is 0.00340. The van der Waals surface area contributed by atoms with Crippen LogP contribution in [0.5, 0.6) is 0 Å². The van der Waals surface area contributed by atoms with Gasteiger partial charge in [0.1, 0.15) is 5.76 Å². The molecule has 0 radical (unpaired) electrons. The summed E-state index contributed by atoms with van der Waals surface area (Å²) in [6.07, 6.45) is 2.92. The topological polar surface area (TPSA) is 86.9 Å². The number of piperidine rings is 1. The molecule has 0 aromatic carbocycles. The summed E-state index contributed by atoms with van der Waals surface area (Å²) in [6.45, 7) is 3.96. The van der Waals surface area contributed by atoms with Gasteiger partial charge in [-0.25, -0.2) is 0 Å². The number of aromatic nitrogens is 1. The van der Waals surface area contributed by atoms with E-state index >= 15 is 0 Å². The molecule has 1 N–H and O–H groups in total. The Kier molecular flexibility index (Phi) is 5.18. The van der Waals surface area contributed by atoms with Crippen LogP contribution >= 0.6 is 0 Å². The van der Waals surface area contributed by atoms with Gasteiger partial charge in [-0.1, -0.05) is 5.16 Å². The lowest BCUT2D eigenvalue weighted by molar-refractivity contribution is -0.135. The Morgan fingerprint density at radius 3 is 2.96 bits per heavy atom. The minimum atomic E-state index is -0.545. The van der Waals surface area contributed by atoms with E-state index in [1.807, 2.05) is 13.0 Å². The zero-order chi connectivity index (χ0) is 17.1. The van der Waals surface area contributed by atoms with E-state index < -0.39 is 6.10 Å². The molecule has 0 bridgehead atoms. The van der Waals surface area contributed by atoms with Gasteiger partial charge in [0.05, 0.1) is 11.8 Å². The van der Waals surface area contributed by atoms with E-state index in [9.17, 15) is 14.7 Å². The third-order valence-corrected chi connectivity index (χ3v) is 4.92. The molecule has 1 aromatic heterocycles. The van der Waals surface area contributed by atoms with E-state index in [0.29, 0.717) is 38.9 Å². The van der Waals surface area contributed by atoms with Gasteiger partial charge in [-0.15, -0.1) is 0 Å². The lowest BCUT2D eigenvalue weighted by atomic mass is 10.0. The first-order valence-electron chi connectivity index (χ1n) is 8.68. The summed E-state index contributed by atoms with van der Waals surface area (Å²) < 4.78 is 5.20. The summed E-state index contributed by atoms with van der Waals surface area (Å²) in [5.41, 5.74) is 0.816. The zero-order valence-electron chi connectivity index (χ0n) is 14.1. The summed E-state index contributed by atoms with van der Waals surface area (Å²) >= 11 is 0. The number of carbonyl (C=O) groups excluding carboxylic acids is 2. The summed E-state index contributed by atoms with van der Waals surface area (Å²) in [5, 5.41) is 14.1. The number of β-amino-alcohol motifs (C(OH)–C–C–N with tert-alkyl or cyclic N) is 1. The summed E-state index contributed by atoms with van der Waals surface area (Å²) in [6, 6.07) is 1.86. The monoisotopic (exact) mass is 335 g/mol. The van der Waals surface area contributed by atoms with E-state index in [1.165, 1.54) is 0 Å². The molecule has 2 fully saturated rings.